The molecule has 0 unspecified atom stereocenters. The Balaban J connectivity index is 2.71. The fourth-order valence-corrected chi connectivity index (χ4v) is 0.781. The molecule has 6 nitrogen and oxygen atoms in total. The third-order valence-electron chi connectivity index (χ3n) is 1.56. The van der Waals surface area contributed by atoms with Crippen molar-refractivity contribution in [3.63, 3.8) is 0 Å². The molecule has 1 aromatic heterocycles. The molecule has 76 valence electrons. The topological polar surface area (TPSA) is 84.3 Å². The van der Waals surface area contributed by atoms with Crippen molar-refractivity contribution in [3.8, 4) is 5.88 Å². The molecule has 0 amide bonds. The van der Waals surface area contributed by atoms with Crippen molar-refractivity contribution in [1.29, 1.82) is 0 Å². The Morgan fingerprint density at radius 3 is 3.00 bits per heavy atom. The molecule has 0 aliphatic rings. The van der Waals surface area contributed by atoms with E-state index in [0.717, 1.165) is 0 Å². The van der Waals surface area contributed by atoms with Crippen LogP contribution in [0, 0.1) is 0 Å². The van der Waals surface area contributed by atoms with E-state index in [1.54, 1.807) is 6.07 Å². The highest BCUT2D eigenvalue weighted by molar-refractivity contribution is 5.75. The average Bonchev–Trinajstić information content (AvgIpc) is 2.18. The van der Waals surface area contributed by atoms with Crippen molar-refractivity contribution in [3.05, 3.63) is 12.3 Å². The maximum absolute atomic E-state index is 10.5. The first-order valence-corrected chi connectivity index (χ1v) is 4.00. The van der Waals surface area contributed by atoms with Crippen molar-refractivity contribution in [1.82, 2.24) is 9.97 Å². The molecule has 0 spiro atoms. The zero-order chi connectivity index (χ0) is 10.6. The summed E-state index contributed by atoms with van der Waals surface area (Å²) in [5.41, 5.74) is 0. The van der Waals surface area contributed by atoms with E-state index in [1.807, 2.05) is 0 Å². The van der Waals surface area contributed by atoms with Crippen LogP contribution in [0.3, 0.4) is 0 Å². The first-order valence-electron chi connectivity index (χ1n) is 4.00. The molecule has 1 atom stereocenters. The Labute approximate surface area is 80.9 Å². The number of ether oxygens (including phenoxy) is 1. The van der Waals surface area contributed by atoms with Crippen LogP contribution in [0.15, 0.2) is 12.3 Å². The molecule has 1 rings (SSSR count). The van der Waals surface area contributed by atoms with Crippen LogP contribution >= 0.6 is 0 Å². The number of aromatic nitrogens is 2. The van der Waals surface area contributed by atoms with Crippen LogP contribution in [0.25, 0.3) is 0 Å². The van der Waals surface area contributed by atoms with Crippen molar-refractivity contribution in [2.75, 3.05) is 12.4 Å². The van der Waals surface area contributed by atoms with Crippen LogP contribution in [-0.4, -0.2) is 34.2 Å². The summed E-state index contributed by atoms with van der Waals surface area (Å²) in [4.78, 5) is 18.3. The standard InChI is InChI=1S/C8H11N3O3/c1-5(7(12)13)10-8-9-4-3-6(11-8)14-2/h3-5H,1-2H3,(H,12,13)(H,9,10,11)/t5-/m1/s1. The molecule has 0 aromatic carbocycles. The summed E-state index contributed by atoms with van der Waals surface area (Å²) in [6, 6.07) is 0.846. The Bertz CT molecular complexity index is 329. The van der Waals surface area contributed by atoms with Crippen LogP contribution in [0.1, 0.15) is 6.92 Å². The van der Waals surface area contributed by atoms with Gasteiger partial charge in [-0.15, -0.1) is 0 Å². The number of carbonyl (C=O) groups is 1. The van der Waals surface area contributed by atoms with Gasteiger partial charge < -0.3 is 15.2 Å². The van der Waals surface area contributed by atoms with Crippen molar-refractivity contribution in [2.24, 2.45) is 0 Å². The van der Waals surface area contributed by atoms with E-state index in [9.17, 15) is 4.79 Å². The van der Waals surface area contributed by atoms with Crippen LogP contribution < -0.4 is 10.1 Å². The first-order chi connectivity index (χ1) is 6.63. The van der Waals surface area contributed by atoms with Gasteiger partial charge in [0.15, 0.2) is 0 Å². The number of hydrogen-bond donors (Lipinski definition) is 2. The van der Waals surface area contributed by atoms with E-state index < -0.39 is 12.0 Å². The van der Waals surface area contributed by atoms with Crippen LogP contribution in [-0.2, 0) is 4.79 Å². The number of nitrogens with zero attached hydrogens (tertiary/aromatic N) is 2. The van der Waals surface area contributed by atoms with Crippen LogP contribution in [0.4, 0.5) is 5.95 Å². The average molecular weight is 197 g/mol. The zero-order valence-electron chi connectivity index (χ0n) is 7.89. The lowest BCUT2D eigenvalue weighted by atomic mass is 10.3. The maximum atomic E-state index is 10.5. The van der Waals surface area contributed by atoms with E-state index >= 15 is 0 Å². The Morgan fingerprint density at radius 1 is 1.71 bits per heavy atom. The summed E-state index contributed by atoms with van der Waals surface area (Å²) >= 11 is 0. The summed E-state index contributed by atoms with van der Waals surface area (Å²) in [5, 5.41) is 11.2. The smallest absolute Gasteiger partial charge is 0.325 e. The number of rotatable bonds is 4. The van der Waals surface area contributed by atoms with Crippen molar-refractivity contribution in [2.45, 2.75) is 13.0 Å². The van der Waals surface area contributed by atoms with E-state index in [0.29, 0.717) is 5.88 Å². The SMILES string of the molecule is COc1ccnc(N[C@H](C)C(=O)O)n1. The van der Waals surface area contributed by atoms with E-state index in [4.69, 9.17) is 9.84 Å². The third kappa shape index (κ3) is 2.58. The number of carboxylic acids is 1. The number of carboxylic acid groups (broad SMARTS) is 1. The van der Waals surface area contributed by atoms with E-state index in [1.165, 1.54) is 20.2 Å². The number of hydrogen-bond acceptors (Lipinski definition) is 5. The second-order valence-corrected chi connectivity index (χ2v) is 2.63. The molecule has 0 fully saturated rings. The second-order valence-electron chi connectivity index (χ2n) is 2.63. The monoisotopic (exact) mass is 197 g/mol. The molecule has 0 bridgehead atoms. The summed E-state index contributed by atoms with van der Waals surface area (Å²) in [6.45, 7) is 1.51. The first kappa shape index (κ1) is 10.2. The fourth-order valence-electron chi connectivity index (χ4n) is 0.781. The number of anilines is 1. The lowest BCUT2D eigenvalue weighted by Gasteiger charge is -2.08. The van der Waals surface area contributed by atoms with Gasteiger partial charge >= 0.3 is 5.97 Å². The lowest BCUT2D eigenvalue weighted by Crippen LogP contribution is -2.26. The minimum Gasteiger partial charge on any atom is -0.481 e. The molecular weight excluding hydrogens is 186 g/mol. The van der Waals surface area contributed by atoms with Gasteiger partial charge in [-0.3, -0.25) is 4.79 Å². The summed E-state index contributed by atoms with van der Waals surface area (Å²) in [5.74, 6) is -0.337. The summed E-state index contributed by atoms with van der Waals surface area (Å²) < 4.78 is 4.86. The summed E-state index contributed by atoms with van der Waals surface area (Å²) in [6.07, 6.45) is 1.49. The number of aliphatic carboxylic acids is 1. The molecule has 1 aromatic rings. The largest absolute Gasteiger partial charge is 0.481 e. The fraction of sp³-hybridized carbons (Fsp3) is 0.375. The van der Waals surface area contributed by atoms with Gasteiger partial charge in [0.1, 0.15) is 6.04 Å². The minimum atomic E-state index is -0.962. The normalized spacial score (nSPS) is 11.9. The van der Waals surface area contributed by atoms with Crippen molar-refractivity contribution >= 4 is 11.9 Å². The molecule has 0 saturated carbocycles. The Kier molecular flexibility index (Phi) is 3.22. The molecule has 2 N–H and O–H groups in total. The highest BCUT2D eigenvalue weighted by Gasteiger charge is 2.11. The summed E-state index contributed by atoms with van der Waals surface area (Å²) in [7, 11) is 1.48. The minimum absolute atomic E-state index is 0.235. The van der Waals surface area contributed by atoms with Gasteiger partial charge in [0.05, 0.1) is 7.11 Å². The van der Waals surface area contributed by atoms with Crippen LogP contribution in [0.5, 0.6) is 5.88 Å². The van der Waals surface area contributed by atoms with Gasteiger partial charge in [0, 0.05) is 12.3 Å². The van der Waals surface area contributed by atoms with E-state index in [-0.39, 0.29) is 5.95 Å². The third-order valence-corrected chi connectivity index (χ3v) is 1.56. The number of methoxy groups -OCH3 is 1. The molecule has 6 heteroatoms. The highest BCUT2D eigenvalue weighted by atomic mass is 16.5. The van der Waals surface area contributed by atoms with E-state index in [2.05, 4.69) is 15.3 Å². The molecule has 14 heavy (non-hydrogen) atoms. The van der Waals surface area contributed by atoms with Gasteiger partial charge in [0.2, 0.25) is 11.8 Å². The maximum Gasteiger partial charge on any atom is 0.325 e. The Morgan fingerprint density at radius 2 is 2.43 bits per heavy atom. The van der Waals surface area contributed by atoms with Crippen LogP contribution in [0.2, 0.25) is 0 Å². The number of nitrogens with one attached hydrogen (secondary N) is 1. The van der Waals surface area contributed by atoms with Gasteiger partial charge in [-0.25, -0.2) is 4.98 Å². The zero-order valence-corrected chi connectivity index (χ0v) is 7.89. The van der Waals surface area contributed by atoms with Gasteiger partial charge in [-0.05, 0) is 6.92 Å². The predicted octanol–water partition coefficient (Wildman–Crippen LogP) is 0.370. The van der Waals surface area contributed by atoms with Gasteiger partial charge in [-0.1, -0.05) is 0 Å². The molecular formula is C8H11N3O3. The van der Waals surface area contributed by atoms with Gasteiger partial charge in [0.25, 0.3) is 0 Å². The molecule has 0 saturated heterocycles. The molecule has 0 aliphatic carbocycles. The second kappa shape index (κ2) is 4.40. The van der Waals surface area contributed by atoms with Crippen molar-refractivity contribution < 1.29 is 14.6 Å². The molecule has 0 radical (unpaired) electrons. The Hall–Kier alpha value is -1.85. The lowest BCUT2D eigenvalue weighted by molar-refractivity contribution is -0.137. The quantitative estimate of drug-likeness (QED) is 0.725. The molecule has 1 heterocycles. The molecule has 0 aliphatic heterocycles. The highest BCUT2D eigenvalue weighted by Crippen LogP contribution is 2.07. The van der Waals surface area contributed by atoms with Gasteiger partial charge in [-0.2, -0.15) is 4.98 Å². The predicted molar refractivity (Wildman–Crippen MR) is 49.3 cm³/mol.